The maximum Gasteiger partial charge on any atom is 0.379 e. The molecule has 0 aromatic heterocycles. The van der Waals surface area contributed by atoms with Crippen molar-refractivity contribution in [2.24, 2.45) is 5.73 Å². The zero-order chi connectivity index (χ0) is 14.8. The van der Waals surface area contributed by atoms with Crippen molar-refractivity contribution in [3.63, 3.8) is 0 Å². The van der Waals surface area contributed by atoms with Crippen molar-refractivity contribution in [1.82, 2.24) is 0 Å². The molecule has 0 saturated carbocycles. The number of benzene rings is 1. The van der Waals surface area contributed by atoms with Gasteiger partial charge in [-0.25, -0.2) is 4.79 Å². The summed E-state index contributed by atoms with van der Waals surface area (Å²) in [7, 11) is 0. The number of ether oxygens (including phenoxy) is 1. The molecule has 19 heavy (non-hydrogen) atoms. The molecule has 1 aromatic carbocycles. The lowest BCUT2D eigenvalue weighted by molar-refractivity contribution is -0.174. The molecule has 0 unspecified atom stereocenters. The van der Waals surface area contributed by atoms with E-state index < -0.39 is 29.2 Å². The lowest BCUT2D eigenvalue weighted by atomic mass is 10.0. The number of rotatable bonds is 4. The van der Waals surface area contributed by atoms with E-state index in [0.29, 0.717) is 0 Å². The van der Waals surface area contributed by atoms with Gasteiger partial charge in [-0.3, -0.25) is 0 Å². The lowest BCUT2D eigenvalue weighted by Gasteiger charge is -2.23. The highest BCUT2D eigenvalue weighted by Gasteiger charge is 2.48. The highest BCUT2D eigenvalue weighted by atomic mass is 35.5. The number of phenolic OH excluding ortho intramolecular Hbond substituents is 1. The number of hydrogen-bond donors (Lipinski definition) is 2. The van der Waals surface area contributed by atoms with Gasteiger partial charge in [0.05, 0.1) is 11.6 Å². The van der Waals surface area contributed by atoms with Crippen LogP contribution in [0, 0.1) is 0 Å². The van der Waals surface area contributed by atoms with Crippen LogP contribution in [0.2, 0.25) is 10.0 Å². The number of phenols is 1. The van der Waals surface area contributed by atoms with E-state index in [2.05, 4.69) is 4.74 Å². The number of halogens is 4. The Labute approximate surface area is 118 Å². The highest BCUT2D eigenvalue weighted by molar-refractivity contribution is 6.35. The summed E-state index contributed by atoms with van der Waals surface area (Å²) < 4.78 is 31.7. The van der Waals surface area contributed by atoms with Crippen molar-refractivity contribution in [3.8, 4) is 5.75 Å². The summed E-state index contributed by atoms with van der Waals surface area (Å²) in [5.41, 5.74) is 4.88. The number of carbonyl (C=O) groups excluding carboxylic acids is 1. The average molecular weight is 314 g/mol. The molecule has 0 aliphatic rings. The number of alkyl halides is 2. The average Bonchev–Trinajstić information content (AvgIpc) is 2.33. The third kappa shape index (κ3) is 3.26. The van der Waals surface area contributed by atoms with Crippen molar-refractivity contribution < 1.29 is 23.4 Å². The van der Waals surface area contributed by atoms with Crippen LogP contribution in [0.1, 0.15) is 18.5 Å². The first-order valence-electron chi connectivity index (χ1n) is 5.20. The minimum absolute atomic E-state index is 0.00732. The molecule has 1 rings (SSSR count). The molecule has 1 atom stereocenters. The second-order valence-electron chi connectivity index (χ2n) is 3.65. The molecule has 4 nitrogen and oxygen atoms in total. The Kier molecular flexibility index (Phi) is 4.95. The van der Waals surface area contributed by atoms with Crippen LogP contribution in [0.4, 0.5) is 8.78 Å². The Morgan fingerprint density at radius 1 is 1.53 bits per heavy atom. The summed E-state index contributed by atoms with van der Waals surface area (Å²) in [6, 6.07) is 0.0559. The number of carbonyl (C=O) groups is 1. The standard InChI is InChI=1S/C11H11Cl2F2NO3/c1-2-19-10(18)11(14,15)9(16)6-3-5(12)4-7(13)8(6)17/h3-4,9,17H,2,16H2,1H3/t9-/m1/s1. The van der Waals surface area contributed by atoms with E-state index in [1.54, 1.807) is 0 Å². The van der Waals surface area contributed by atoms with E-state index >= 15 is 0 Å². The molecule has 1 aromatic rings. The molecule has 0 bridgehead atoms. The number of nitrogens with two attached hydrogens (primary N) is 1. The van der Waals surface area contributed by atoms with Gasteiger partial charge in [-0.15, -0.1) is 0 Å². The minimum atomic E-state index is -4.01. The number of esters is 1. The van der Waals surface area contributed by atoms with Crippen LogP contribution in [-0.4, -0.2) is 23.6 Å². The molecule has 0 amide bonds. The first-order chi connectivity index (χ1) is 8.71. The summed E-state index contributed by atoms with van der Waals surface area (Å²) in [6.45, 7) is 1.16. The number of aromatic hydroxyl groups is 1. The molecule has 0 fully saturated rings. The van der Waals surface area contributed by atoms with Crippen molar-refractivity contribution in [1.29, 1.82) is 0 Å². The third-order valence-corrected chi connectivity index (χ3v) is 2.84. The Bertz CT molecular complexity index is 497. The van der Waals surface area contributed by atoms with Crippen LogP contribution in [0.5, 0.6) is 5.75 Å². The zero-order valence-electron chi connectivity index (χ0n) is 9.79. The fourth-order valence-electron chi connectivity index (χ4n) is 1.37. The summed E-state index contributed by atoms with van der Waals surface area (Å²) in [5, 5.41) is 9.38. The van der Waals surface area contributed by atoms with E-state index in [9.17, 15) is 18.7 Å². The lowest BCUT2D eigenvalue weighted by Crippen LogP contribution is -2.41. The molecule has 0 aliphatic carbocycles. The molecule has 8 heteroatoms. The molecule has 0 saturated heterocycles. The quantitative estimate of drug-likeness (QED) is 0.838. The van der Waals surface area contributed by atoms with E-state index in [0.717, 1.165) is 12.1 Å². The maximum absolute atomic E-state index is 13.7. The van der Waals surface area contributed by atoms with Crippen LogP contribution < -0.4 is 5.73 Å². The maximum atomic E-state index is 13.7. The van der Waals surface area contributed by atoms with E-state index in [1.165, 1.54) is 6.92 Å². The van der Waals surface area contributed by atoms with Gasteiger partial charge < -0.3 is 15.6 Å². The first-order valence-corrected chi connectivity index (χ1v) is 5.95. The van der Waals surface area contributed by atoms with E-state index in [4.69, 9.17) is 28.9 Å². The number of hydrogen-bond acceptors (Lipinski definition) is 4. The second kappa shape index (κ2) is 5.90. The fourth-order valence-corrected chi connectivity index (χ4v) is 1.88. The minimum Gasteiger partial charge on any atom is -0.506 e. The molecule has 0 radical (unpaired) electrons. The van der Waals surface area contributed by atoms with Gasteiger partial charge in [0.15, 0.2) is 0 Å². The predicted molar refractivity (Wildman–Crippen MR) is 66.6 cm³/mol. The molecule has 3 N–H and O–H groups in total. The summed E-state index contributed by atoms with van der Waals surface area (Å²) in [4.78, 5) is 11.2. The van der Waals surface area contributed by atoms with Gasteiger partial charge in [-0.2, -0.15) is 8.78 Å². The Morgan fingerprint density at radius 2 is 2.11 bits per heavy atom. The summed E-state index contributed by atoms with van der Waals surface area (Å²) in [6.07, 6.45) is 0. The van der Waals surface area contributed by atoms with Crippen LogP contribution in [-0.2, 0) is 9.53 Å². The SMILES string of the molecule is CCOC(=O)C(F)(F)[C@H](N)c1cc(Cl)cc(Cl)c1O. The highest BCUT2D eigenvalue weighted by Crippen LogP contribution is 2.40. The largest absolute Gasteiger partial charge is 0.506 e. The van der Waals surface area contributed by atoms with Crippen molar-refractivity contribution >= 4 is 29.2 Å². The third-order valence-electron chi connectivity index (χ3n) is 2.33. The molecular weight excluding hydrogens is 303 g/mol. The molecular formula is C11H11Cl2F2NO3. The topological polar surface area (TPSA) is 72.5 Å². The molecule has 0 aliphatic heterocycles. The normalized spacial score (nSPS) is 13.2. The van der Waals surface area contributed by atoms with Crippen molar-refractivity contribution in [2.45, 2.75) is 18.9 Å². The molecule has 0 spiro atoms. The second-order valence-corrected chi connectivity index (χ2v) is 4.49. The Hall–Kier alpha value is -1.11. The van der Waals surface area contributed by atoms with Crippen LogP contribution in [0.15, 0.2) is 12.1 Å². The van der Waals surface area contributed by atoms with Gasteiger partial charge in [0.2, 0.25) is 0 Å². The van der Waals surface area contributed by atoms with Gasteiger partial charge >= 0.3 is 11.9 Å². The summed E-state index contributed by atoms with van der Waals surface area (Å²) in [5.74, 6) is -6.44. The van der Waals surface area contributed by atoms with Crippen LogP contribution in [0.25, 0.3) is 0 Å². The van der Waals surface area contributed by atoms with Gasteiger partial charge in [-0.05, 0) is 19.1 Å². The van der Waals surface area contributed by atoms with E-state index in [-0.39, 0.29) is 16.7 Å². The van der Waals surface area contributed by atoms with Gasteiger partial charge in [-0.1, -0.05) is 23.2 Å². The smallest absolute Gasteiger partial charge is 0.379 e. The van der Waals surface area contributed by atoms with E-state index in [1.807, 2.05) is 0 Å². The molecule has 106 valence electrons. The monoisotopic (exact) mass is 313 g/mol. The Balaban J connectivity index is 3.19. The van der Waals surface area contributed by atoms with Crippen molar-refractivity contribution in [3.05, 3.63) is 27.7 Å². The predicted octanol–water partition coefficient (Wildman–Crippen LogP) is 2.90. The van der Waals surface area contributed by atoms with Crippen molar-refractivity contribution in [2.75, 3.05) is 6.61 Å². The zero-order valence-corrected chi connectivity index (χ0v) is 11.3. The van der Waals surface area contributed by atoms with Crippen LogP contribution in [0.3, 0.4) is 0 Å². The first kappa shape index (κ1) is 15.9. The van der Waals surface area contributed by atoms with Crippen LogP contribution >= 0.6 is 23.2 Å². The van der Waals surface area contributed by atoms with Gasteiger partial charge in [0.1, 0.15) is 11.8 Å². The Morgan fingerprint density at radius 3 is 2.63 bits per heavy atom. The molecule has 0 heterocycles. The van der Waals surface area contributed by atoms with Gasteiger partial charge in [0.25, 0.3) is 0 Å². The fraction of sp³-hybridized carbons (Fsp3) is 0.364. The summed E-state index contributed by atoms with van der Waals surface area (Å²) >= 11 is 11.2. The van der Waals surface area contributed by atoms with Gasteiger partial charge in [0, 0.05) is 10.6 Å².